The summed E-state index contributed by atoms with van der Waals surface area (Å²) >= 11 is 0. The molecule has 5 aromatic rings. The van der Waals surface area contributed by atoms with Crippen LogP contribution in [0.5, 0.6) is 11.5 Å². The van der Waals surface area contributed by atoms with E-state index >= 15 is 0 Å². The van der Waals surface area contributed by atoms with Crippen LogP contribution in [0.15, 0.2) is 69.5 Å². The Labute approximate surface area is 474 Å². The summed E-state index contributed by atoms with van der Waals surface area (Å²) in [5.41, 5.74) is 0.176. The summed E-state index contributed by atoms with van der Waals surface area (Å²) in [7, 11) is 0. The monoisotopic (exact) mass is 1120 g/mol. The average molecular weight is 1120 g/mol. The first kappa shape index (κ1) is 60.0. The van der Waals surface area contributed by atoms with Gasteiger partial charge in [-0.15, -0.1) is 10.2 Å². The first-order valence-corrected chi connectivity index (χ1v) is 29.0. The Balaban J connectivity index is 0.902. The van der Waals surface area contributed by atoms with E-state index in [4.69, 9.17) is 27.8 Å². The molecule has 8 rings (SSSR count). The third-order valence-electron chi connectivity index (χ3n) is 14.7. The molecule has 438 valence electrons. The molecule has 0 radical (unpaired) electrons. The normalized spacial score (nSPS) is 16.6. The van der Waals surface area contributed by atoms with Crippen molar-refractivity contribution in [2.45, 2.75) is 143 Å². The van der Waals surface area contributed by atoms with E-state index in [0.717, 1.165) is 90.5 Å². The Morgan fingerprint density at radius 3 is 1.78 bits per heavy atom. The number of benzene rings is 3. The summed E-state index contributed by atoms with van der Waals surface area (Å²) in [5.74, 6) is 0.00990. The third-order valence-corrected chi connectivity index (χ3v) is 14.7. The molecule has 1 unspecified atom stereocenters. The van der Waals surface area contributed by atoms with Gasteiger partial charge in [-0.1, -0.05) is 48.0 Å². The van der Waals surface area contributed by atoms with Crippen LogP contribution in [0.2, 0.25) is 0 Å². The van der Waals surface area contributed by atoms with Gasteiger partial charge in [-0.25, -0.2) is 23.8 Å². The maximum Gasteiger partial charge on any atom is 0.418 e. The number of likely N-dealkylation sites (tertiary alicyclic amines) is 2. The van der Waals surface area contributed by atoms with Crippen LogP contribution < -0.4 is 29.9 Å². The quantitative estimate of drug-likeness (QED) is 0.0621. The zero-order chi connectivity index (χ0) is 57.5. The Kier molecular flexibility index (Phi) is 20.8. The summed E-state index contributed by atoms with van der Waals surface area (Å²) in [5, 5.41) is 23.1. The zero-order valence-electron chi connectivity index (χ0n) is 48.2. The van der Waals surface area contributed by atoms with Gasteiger partial charge in [0.1, 0.15) is 28.5 Å². The Hall–Kier alpha value is -7.13. The molecule has 2 saturated heterocycles. The maximum absolute atomic E-state index is 14.4. The Bertz CT molecular complexity index is 2890. The van der Waals surface area contributed by atoms with Gasteiger partial charge in [0.15, 0.2) is 0 Å². The van der Waals surface area contributed by atoms with Crippen LogP contribution >= 0.6 is 0 Å². The first-order chi connectivity index (χ1) is 38.9. The molecule has 2 N–H and O–H groups in total. The molecule has 0 bridgehead atoms. The molecule has 20 nitrogen and oxygen atoms in total. The highest BCUT2D eigenvalue weighted by Crippen LogP contribution is 2.37. The van der Waals surface area contributed by atoms with Gasteiger partial charge in [-0.2, -0.15) is 0 Å². The van der Waals surface area contributed by atoms with E-state index < -0.39 is 35.1 Å². The number of hydrogen-bond acceptors (Lipinski definition) is 16. The molecule has 81 heavy (non-hydrogen) atoms. The minimum absolute atomic E-state index is 0.00363. The van der Waals surface area contributed by atoms with Gasteiger partial charge < -0.3 is 48.2 Å². The van der Waals surface area contributed by atoms with Gasteiger partial charge in [0.05, 0.1) is 29.9 Å². The number of anilines is 4. The molecule has 0 spiro atoms. The molecule has 1 aliphatic carbocycles. The predicted molar refractivity (Wildman–Crippen MR) is 306 cm³/mol. The van der Waals surface area contributed by atoms with Gasteiger partial charge in [-0.05, 0) is 181 Å². The van der Waals surface area contributed by atoms with Crippen molar-refractivity contribution in [1.82, 2.24) is 30.2 Å². The number of carbonyl (C=O) groups excluding carboxylic acids is 4. The highest BCUT2D eigenvalue weighted by Gasteiger charge is 2.35. The van der Waals surface area contributed by atoms with Crippen molar-refractivity contribution in [2.75, 3.05) is 86.0 Å². The van der Waals surface area contributed by atoms with E-state index in [2.05, 4.69) is 40.8 Å². The fraction of sp³-hybridized carbons (Fsp3) is 0.567. The molecule has 4 heterocycles. The minimum atomic E-state index is -0.861. The summed E-state index contributed by atoms with van der Waals surface area (Å²) in [6.07, 6.45) is 11.1. The molecule has 2 aromatic heterocycles. The average Bonchev–Trinajstić information content (AvgIpc) is 4.25. The van der Waals surface area contributed by atoms with Crippen LogP contribution in [-0.4, -0.2) is 131 Å². The van der Waals surface area contributed by atoms with Crippen LogP contribution in [0.1, 0.15) is 142 Å². The molecule has 21 heteroatoms. The maximum atomic E-state index is 14.4. The van der Waals surface area contributed by atoms with Crippen molar-refractivity contribution < 1.29 is 51.4 Å². The highest BCUT2D eigenvalue weighted by molar-refractivity contribution is 6.04. The molecule has 3 fully saturated rings. The van der Waals surface area contributed by atoms with Gasteiger partial charge in [-0.3, -0.25) is 9.59 Å². The molecular formula is C60H81FN10O10. The number of ether oxygens (including phenoxy) is 4. The number of rotatable bonds is 23. The van der Waals surface area contributed by atoms with E-state index in [1.54, 1.807) is 63.2 Å². The Morgan fingerprint density at radius 2 is 1.20 bits per heavy atom. The second-order valence-corrected chi connectivity index (χ2v) is 22.9. The van der Waals surface area contributed by atoms with Crippen molar-refractivity contribution in [3.8, 4) is 34.4 Å². The van der Waals surface area contributed by atoms with Crippen LogP contribution in [-0.2, 0) is 14.3 Å². The van der Waals surface area contributed by atoms with Crippen LogP contribution in [0.25, 0.3) is 22.9 Å². The van der Waals surface area contributed by atoms with E-state index in [-0.39, 0.29) is 60.3 Å². The lowest BCUT2D eigenvalue weighted by molar-refractivity contribution is -0.120. The second kappa shape index (κ2) is 28.0. The summed E-state index contributed by atoms with van der Waals surface area (Å²) in [6.45, 7) is 19.2. The minimum Gasteiger partial charge on any atom is -0.493 e. The van der Waals surface area contributed by atoms with Crippen LogP contribution in [0, 0.1) is 17.7 Å². The number of hydrogen-bond donors (Lipinski definition) is 2. The Morgan fingerprint density at radius 1 is 0.654 bits per heavy atom. The van der Waals surface area contributed by atoms with E-state index in [1.807, 2.05) is 27.7 Å². The third kappa shape index (κ3) is 17.0. The number of piperidine rings is 2. The smallest absolute Gasteiger partial charge is 0.418 e. The van der Waals surface area contributed by atoms with Gasteiger partial charge in [0.25, 0.3) is 17.7 Å². The number of carbonyl (C=O) groups is 4. The topological polar surface area (TPSA) is 220 Å². The van der Waals surface area contributed by atoms with Crippen LogP contribution in [0.3, 0.4) is 0 Å². The van der Waals surface area contributed by atoms with Crippen LogP contribution in [0.4, 0.5) is 37.4 Å². The van der Waals surface area contributed by atoms with Gasteiger partial charge >= 0.3 is 24.2 Å². The summed E-state index contributed by atoms with van der Waals surface area (Å²) in [6, 6.07) is 15.9. The lowest BCUT2D eigenvalue weighted by Crippen LogP contribution is -2.44. The summed E-state index contributed by atoms with van der Waals surface area (Å²) in [4.78, 5) is 61.8. The predicted octanol–water partition coefficient (Wildman–Crippen LogP) is 12.0. The van der Waals surface area contributed by atoms with E-state index in [1.165, 1.54) is 34.4 Å². The van der Waals surface area contributed by atoms with Crippen molar-refractivity contribution in [3.63, 3.8) is 0 Å². The second-order valence-electron chi connectivity index (χ2n) is 22.9. The molecule has 3 aliphatic rings. The number of nitrogens with zero attached hydrogens (tertiary/aromatic N) is 8. The number of halogens is 1. The largest absolute Gasteiger partial charge is 0.493 e. The number of nitrogens with one attached hydrogen (secondary N) is 2. The lowest BCUT2D eigenvalue weighted by atomic mass is 9.87. The highest BCUT2D eigenvalue weighted by atomic mass is 19.1. The van der Waals surface area contributed by atoms with Crippen molar-refractivity contribution in [1.29, 1.82) is 0 Å². The molecule has 1 saturated carbocycles. The molecular weight excluding hydrogens is 1040 g/mol. The van der Waals surface area contributed by atoms with Gasteiger partial charge in [0, 0.05) is 49.1 Å². The standard InChI is InChI=1S/C60H81FN10O10/c1-8-76-49-37-43(62-51(72)42-22-12-10-13-23-42)26-28-46(49)54-65-67-56(79-54)71(35-19-33-68-30-16-11-17-31-68)58(75)81-60(6,7)39-41-21-18-32-69(40-41)34-20-36-70(57(74)80-59(3,4)5)55-66-64-53(78-55)47-29-27-44(38-50(47)77-9-2)63-52(73)45-24-14-15-25-48(45)61/h14-15,24-29,37-38,41-42H,8-13,16-23,30-36,39-40H2,1-7H3,(H,62,72)(H,63,73). The molecule has 1 atom stereocenters. The zero-order valence-corrected chi connectivity index (χ0v) is 48.2. The van der Waals surface area contributed by atoms with E-state index in [9.17, 15) is 23.6 Å². The molecule has 2 aliphatic heterocycles. The first-order valence-electron chi connectivity index (χ1n) is 29.0. The SMILES string of the molecule is CCOc1cc(NC(=O)c2ccccc2F)ccc1-c1nnc(N(CCCN2CCCC(CC(C)(C)OC(=O)N(CCCN3CCCCC3)c3nnc(-c4ccc(NC(=O)C5CCCCC5)cc4OCC)o3)C2)C(=O)OC(C)(C)C)o1. The fourth-order valence-electron chi connectivity index (χ4n) is 10.9. The van der Waals surface area contributed by atoms with E-state index in [0.29, 0.717) is 73.0 Å². The van der Waals surface area contributed by atoms with Crippen molar-refractivity contribution in [2.24, 2.45) is 11.8 Å². The number of amides is 4. The lowest BCUT2D eigenvalue weighted by Gasteiger charge is -2.37. The van der Waals surface area contributed by atoms with Crippen molar-refractivity contribution in [3.05, 3.63) is 72.0 Å². The molecule has 3 aromatic carbocycles. The van der Waals surface area contributed by atoms with Crippen molar-refractivity contribution >= 4 is 47.4 Å². The number of aromatic nitrogens is 4. The molecule has 4 amide bonds. The fourth-order valence-corrected chi connectivity index (χ4v) is 10.9. The summed E-state index contributed by atoms with van der Waals surface area (Å²) < 4.78 is 51.0. The van der Waals surface area contributed by atoms with Gasteiger partial charge in [0.2, 0.25) is 5.91 Å².